The number of carbonyl (C=O) groups is 3. The summed E-state index contributed by atoms with van der Waals surface area (Å²) >= 11 is 0. The molecule has 8 nitrogen and oxygen atoms in total. The predicted molar refractivity (Wildman–Crippen MR) is 82.3 cm³/mol. The molecule has 2 N–H and O–H groups in total. The van der Waals surface area contributed by atoms with Gasteiger partial charge in [0.15, 0.2) is 0 Å². The lowest BCUT2D eigenvalue weighted by Gasteiger charge is -2.25. The Kier molecular flexibility index (Phi) is 8.42. The van der Waals surface area contributed by atoms with E-state index in [9.17, 15) is 50.9 Å². The van der Waals surface area contributed by atoms with Gasteiger partial charge in [-0.15, -0.1) is 0 Å². The van der Waals surface area contributed by atoms with Gasteiger partial charge in [0.25, 0.3) is 0 Å². The fraction of sp³-hybridized carbons (Fsp3) is 0.562. The van der Waals surface area contributed by atoms with E-state index in [1.807, 2.05) is 0 Å². The molecular formula is C16H16F6O8. The van der Waals surface area contributed by atoms with Crippen LogP contribution >= 0.6 is 0 Å². The van der Waals surface area contributed by atoms with Crippen LogP contribution in [0, 0.1) is 0 Å². The van der Waals surface area contributed by atoms with Crippen molar-refractivity contribution in [2.75, 3.05) is 0 Å². The molecule has 0 spiro atoms. The van der Waals surface area contributed by atoms with Crippen molar-refractivity contribution < 1.29 is 65.1 Å². The minimum atomic E-state index is -5.32. The topological polar surface area (TPSA) is 119 Å². The molecule has 0 aromatic rings. The molecule has 0 aliphatic carbocycles. The van der Waals surface area contributed by atoms with Crippen LogP contribution in [0.3, 0.4) is 0 Å². The molecular weight excluding hydrogens is 434 g/mol. The standard InChI is InChI=1S/C16H16F6O8/c1-7-6-12(27)30-14(16(20,21)22)9(24)3-5-11(26)29-13(15(17,18)19)8(23)2-4-10(25)28-7/h2-5,7-9,13-14,23-24H,6H2,1H3/b4-2+,5-3+/t7-,8+,9+,13+,14+/m0/s1. The fourth-order valence-electron chi connectivity index (χ4n) is 2.08. The monoisotopic (exact) mass is 450 g/mol. The summed E-state index contributed by atoms with van der Waals surface area (Å²) in [7, 11) is 0. The van der Waals surface area contributed by atoms with E-state index in [-0.39, 0.29) is 12.2 Å². The lowest BCUT2D eigenvalue weighted by atomic mass is 10.1. The smallest absolute Gasteiger partial charge is 0.428 e. The largest absolute Gasteiger partial charge is 0.459 e. The van der Waals surface area contributed by atoms with Crippen molar-refractivity contribution in [2.24, 2.45) is 0 Å². The van der Waals surface area contributed by atoms with E-state index in [0.717, 1.165) is 6.92 Å². The number of alkyl halides is 6. The number of aliphatic hydroxyl groups excluding tert-OH is 2. The Hall–Kier alpha value is -2.61. The maximum absolute atomic E-state index is 13.0. The summed E-state index contributed by atoms with van der Waals surface area (Å²) in [5, 5.41) is 19.1. The third kappa shape index (κ3) is 8.02. The summed E-state index contributed by atoms with van der Waals surface area (Å²) in [4.78, 5) is 34.7. The second-order valence-electron chi connectivity index (χ2n) is 6.00. The molecule has 1 aliphatic rings. The average molecular weight is 450 g/mol. The van der Waals surface area contributed by atoms with Crippen LogP contribution in [0.25, 0.3) is 0 Å². The van der Waals surface area contributed by atoms with Gasteiger partial charge in [0.2, 0.25) is 12.2 Å². The Labute approximate surface area is 164 Å². The zero-order valence-electron chi connectivity index (χ0n) is 15.0. The zero-order valence-corrected chi connectivity index (χ0v) is 15.0. The first-order valence-corrected chi connectivity index (χ1v) is 8.08. The minimum absolute atomic E-state index is 0.0369. The quantitative estimate of drug-likeness (QED) is 0.320. The molecule has 0 saturated carbocycles. The summed E-state index contributed by atoms with van der Waals surface area (Å²) in [6.07, 6.45) is -23.7. The van der Waals surface area contributed by atoms with Gasteiger partial charge in [0.05, 0.1) is 6.42 Å². The van der Waals surface area contributed by atoms with Crippen LogP contribution in [0.4, 0.5) is 26.3 Å². The molecule has 0 radical (unpaired) electrons. The number of ether oxygens (including phenoxy) is 3. The molecule has 0 amide bonds. The fourth-order valence-corrected chi connectivity index (χ4v) is 2.08. The van der Waals surface area contributed by atoms with Gasteiger partial charge >= 0.3 is 30.3 Å². The summed E-state index contributed by atoms with van der Waals surface area (Å²) in [5.74, 6) is -4.75. The van der Waals surface area contributed by atoms with Crippen LogP contribution < -0.4 is 0 Å². The first-order chi connectivity index (χ1) is 13.6. The van der Waals surface area contributed by atoms with Crippen LogP contribution in [-0.2, 0) is 28.6 Å². The highest BCUT2D eigenvalue weighted by molar-refractivity contribution is 5.83. The van der Waals surface area contributed by atoms with Crippen molar-refractivity contribution in [3.63, 3.8) is 0 Å². The van der Waals surface area contributed by atoms with E-state index in [2.05, 4.69) is 14.2 Å². The molecule has 170 valence electrons. The predicted octanol–water partition coefficient (Wildman–Crippen LogP) is 1.10. The number of hydrogen-bond acceptors (Lipinski definition) is 8. The Morgan fingerprint density at radius 2 is 1.20 bits per heavy atom. The van der Waals surface area contributed by atoms with Gasteiger partial charge in [0, 0.05) is 12.2 Å². The summed E-state index contributed by atoms with van der Waals surface area (Å²) < 4.78 is 90.7. The molecule has 1 heterocycles. The molecule has 1 rings (SSSR count). The van der Waals surface area contributed by atoms with Crippen molar-refractivity contribution in [2.45, 2.75) is 56.2 Å². The number of hydrogen-bond donors (Lipinski definition) is 2. The molecule has 14 heteroatoms. The Morgan fingerprint density at radius 1 is 0.800 bits per heavy atom. The van der Waals surface area contributed by atoms with Gasteiger partial charge in [-0.05, 0) is 19.1 Å². The van der Waals surface area contributed by atoms with Gasteiger partial charge in [-0.25, -0.2) is 9.59 Å². The molecule has 30 heavy (non-hydrogen) atoms. The summed E-state index contributed by atoms with van der Waals surface area (Å²) in [5.41, 5.74) is 0. The van der Waals surface area contributed by atoms with Gasteiger partial charge in [0.1, 0.15) is 18.3 Å². The van der Waals surface area contributed by atoms with Gasteiger partial charge in [-0.3, -0.25) is 4.79 Å². The normalized spacial score (nSPS) is 32.6. The first kappa shape index (κ1) is 25.4. The third-order valence-electron chi connectivity index (χ3n) is 3.40. The van der Waals surface area contributed by atoms with E-state index in [1.54, 1.807) is 0 Å². The number of esters is 3. The first-order valence-electron chi connectivity index (χ1n) is 8.08. The lowest BCUT2D eigenvalue weighted by Crippen LogP contribution is -2.44. The third-order valence-corrected chi connectivity index (χ3v) is 3.40. The van der Waals surface area contributed by atoms with Crippen molar-refractivity contribution in [3.05, 3.63) is 24.3 Å². The Bertz CT molecular complexity index is 699. The zero-order chi connectivity index (χ0) is 23.3. The SMILES string of the molecule is C[C@H]1CC(=O)O[C@@H](C(F)(F)F)[C@H](O)/C=C/C(=O)O[C@@H](C(F)(F)F)[C@H](O)/C=C/C(=O)O1. The van der Waals surface area contributed by atoms with Crippen molar-refractivity contribution in [1.29, 1.82) is 0 Å². The number of halogens is 6. The van der Waals surface area contributed by atoms with E-state index in [1.165, 1.54) is 0 Å². The van der Waals surface area contributed by atoms with Gasteiger partial charge < -0.3 is 24.4 Å². The molecule has 0 aromatic heterocycles. The van der Waals surface area contributed by atoms with Gasteiger partial charge in [-0.2, -0.15) is 26.3 Å². The van der Waals surface area contributed by atoms with Crippen molar-refractivity contribution in [1.82, 2.24) is 0 Å². The maximum Gasteiger partial charge on any atom is 0.428 e. The molecule has 0 saturated heterocycles. The van der Waals surface area contributed by atoms with Crippen LogP contribution in [0.2, 0.25) is 0 Å². The van der Waals surface area contributed by atoms with Crippen LogP contribution in [-0.4, -0.2) is 71.0 Å². The molecule has 1 aliphatic heterocycles. The lowest BCUT2D eigenvalue weighted by molar-refractivity contribution is -0.238. The number of carbonyl (C=O) groups excluding carboxylic acids is 3. The average Bonchev–Trinajstić information content (AvgIpc) is 2.57. The Morgan fingerprint density at radius 3 is 1.63 bits per heavy atom. The minimum Gasteiger partial charge on any atom is -0.459 e. The van der Waals surface area contributed by atoms with E-state index in [0.29, 0.717) is 12.2 Å². The van der Waals surface area contributed by atoms with Crippen LogP contribution in [0.15, 0.2) is 24.3 Å². The highest BCUT2D eigenvalue weighted by Gasteiger charge is 2.48. The highest BCUT2D eigenvalue weighted by Crippen LogP contribution is 2.28. The van der Waals surface area contributed by atoms with Crippen molar-refractivity contribution >= 4 is 17.9 Å². The number of aliphatic hydroxyl groups is 2. The number of rotatable bonds is 0. The second-order valence-corrected chi connectivity index (χ2v) is 6.00. The van der Waals surface area contributed by atoms with E-state index >= 15 is 0 Å². The second kappa shape index (κ2) is 9.93. The van der Waals surface area contributed by atoms with Gasteiger partial charge in [-0.1, -0.05) is 0 Å². The van der Waals surface area contributed by atoms with E-state index < -0.39 is 67.2 Å². The van der Waals surface area contributed by atoms with Crippen LogP contribution in [0.1, 0.15) is 13.3 Å². The summed E-state index contributed by atoms with van der Waals surface area (Å²) in [6, 6.07) is 0. The highest BCUT2D eigenvalue weighted by atomic mass is 19.4. The molecule has 0 bridgehead atoms. The Balaban J connectivity index is 3.26. The van der Waals surface area contributed by atoms with E-state index in [4.69, 9.17) is 0 Å². The number of cyclic esters (lactones) is 3. The van der Waals surface area contributed by atoms with Crippen molar-refractivity contribution in [3.8, 4) is 0 Å². The maximum atomic E-state index is 13.0. The molecule has 0 unspecified atom stereocenters. The molecule has 5 atom stereocenters. The molecule has 0 fully saturated rings. The van der Waals surface area contributed by atoms with Crippen LogP contribution in [0.5, 0.6) is 0 Å². The summed E-state index contributed by atoms with van der Waals surface area (Å²) in [6.45, 7) is 1.08. The molecule has 0 aromatic carbocycles.